The Balaban J connectivity index is 1.86. The monoisotopic (exact) mass is 338 g/mol. The van der Waals surface area contributed by atoms with Crippen LogP contribution in [0.1, 0.15) is 52.9 Å². The molecule has 140 valence electrons. The first kappa shape index (κ1) is 19.5. The lowest BCUT2D eigenvalue weighted by atomic mass is 9.83. The minimum absolute atomic E-state index is 0.388. The number of hydrogen-bond donors (Lipinski definition) is 2. The Labute approximate surface area is 148 Å². The zero-order chi connectivity index (χ0) is 17.6. The fraction of sp³-hybridized carbons (Fsp3) is 0.947. The zero-order valence-corrected chi connectivity index (χ0v) is 16.4. The molecule has 24 heavy (non-hydrogen) atoms. The van der Waals surface area contributed by atoms with Gasteiger partial charge < -0.3 is 15.4 Å². The van der Waals surface area contributed by atoms with Crippen molar-refractivity contribution < 1.29 is 4.74 Å². The van der Waals surface area contributed by atoms with Gasteiger partial charge in [-0.05, 0) is 44.4 Å². The summed E-state index contributed by atoms with van der Waals surface area (Å²) in [6, 6.07) is 1.10. The number of nitrogens with zero attached hydrogens (tertiary/aromatic N) is 2. The van der Waals surface area contributed by atoms with Gasteiger partial charge >= 0.3 is 0 Å². The molecule has 5 heteroatoms. The minimum atomic E-state index is 0.388. The average Bonchev–Trinajstić information content (AvgIpc) is 3.17. The van der Waals surface area contributed by atoms with E-state index >= 15 is 0 Å². The van der Waals surface area contributed by atoms with Crippen LogP contribution in [-0.2, 0) is 4.74 Å². The summed E-state index contributed by atoms with van der Waals surface area (Å²) in [4.78, 5) is 7.02. The summed E-state index contributed by atoms with van der Waals surface area (Å²) < 4.78 is 5.34. The molecule has 2 unspecified atom stereocenters. The minimum Gasteiger partial charge on any atom is -0.385 e. The second-order valence-electron chi connectivity index (χ2n) is 8.15. The Kier molecular flexibility index (Phi) is 7.35. The normalized spacial score (nSPS) is 27.8. The van der Waals surface area contributed by atoms with Crippen molar-refractivity contribution in [3.8, 4) is 0 Å². The van der Waals surface area contributed by atoms with E-state index in [1.54, 1.807) is 7.11 Å². The summed E-state index contributed by atoms with van der Waals surface area (Å²) in [5.41, 5.74) is 0.388. The topological polar surface area (TPSA) is 48.9 Å². The molecule has 1 heterocycles. The van der Waals surface area contributed by atoms with E-state index in [-0.39, 0.29) is 0 Å². The first-order valence-electron chi connectivity index (χ1n) is 9.70. The third-order valence-corrected chi connectivity index (χ3v) is 6.05. The van der Waals surface area contributed by atoms with Gasteiger partial charge in [-0.15, -0.1) is 0 Å². The maximum Gasteiger partial charge on any atom is 0.191 e. The highest BCUT2D eigenvalue weighted by molar-refractivity contribution is 5.80. The van der Waals surface area contributed by atoms with Crippen LogP contribution < -0.4 is 10.6 Å². The molecule has 2 rings (SSSR count). The molecule has 1 saturated heterocycles. The lowest BCUT2D eigenvalue weighted by Gasteiger charge is -2.30. The van der Waals surface area contributed by atoms with Crippen LogP contribution in [0.3, 0.4) is 0 Å². The Morgan fingerprint density at radius 2 is 2.00 bits per heavy atom. The number of ether oxygens (including phenoxy) is 1. The molecule has 2 atom stereocenters. The smallest absolute Gasteiger partial charge is 0.191 e. The molecule has 0 aromatic carbocycles. The first-order chi connectivity index (χ1) is 11.5. The van der Waals surface area contributed by atoms with E-state index in [0.717, 1.165) is 32.1 Å². The van der Waals surface area contributed by atoms with Crippen LogP contribution in [0.25, 0.3) is 0 Å². The van der Waals surface area contributed by atoms with Crippen molar-refractivity contribution in [3.63, 3.8) is 0 Å². The largest absolute Gasteiger partial charge is 0.385 e. The molecule has 5 nitrogen and oxygen atoms in total. The standard InChI is InChI=1S/C19H38N4O/c1-15(2)23-12-16(3)17(13-23)22-18(20-4)21-14-19(10-11-24-5)8-6-7-9-19/h15-17H,6-14H2,1-5H3,(H2,20,21,22). The molecule has 0 radical (unpaired) electrons. The van der Waals surface area contributed by atoms with Gasteiger partial charge in [0.2, 0.25) is 0 Å². The molecule has 1 aliphatic heterocycles. The second kappa shape index (κ2) is 9.04. The molecule has 0 aromatic heterocycles. The predicted octanol–water partition coefficient (Wildman–Crippen LogP) is 2.48. The van der Waals surface area contributed by atoms with Gasteiger partial charge in [-0.2, -0.15) is 0 Å². The molecule has 0 amide bonds. The Morgan fingerprint density at radius 1 is 1.29 bits per heavy atom. The van der Waals surface area contributed by atoms with Crippen LogP contribution >= 0.6 is 0 Å². The van der Waals surface area contributed by atoms with Crippen molar-refractivity contribution in [2.45, 2.75) is 65.0 Å². The number of likely N-dealkylation sites (tertiary alicyclic amines) is 1. The van der Waals surface area contributed by atoms with E-state index in [9.17, 15) is 0 Å². The summed E-state index contributed by atoms with van der Waals surface area (Å²) >= 11 is 0. The number of nitrogens with one attached hydrogen (secondary N) is 2. The van der Waals surface area contributed by atoms with Crippen molar-refractivity contribution in [3.05, 3.63) is 0 Å². The number of hydrogen-bond acceptors (Lipinski definition) is 3. The molecule has 1 aliphatic carbocycles. The van der Waals surface area contributed by atoms with Gasteiger partial charge in [-0.1, -0.05) is 19.8 Å². The van der Waals surface area contributed by atoms with E-state index in [2.05, 4.69) is 41.3 Å². The van der Waals surface area contributed by atoms with Gasteiger partial charge in [-0.3, -0.25) is 9.89 Å². The van der Waals surface area contributed by atoms with Crippen LogP contribution in [0.4, 0.5) is 0 Å². The Morgan fingerprint density at radius 3 is 2.54 bits per heavy atom. The first-order valence-corrected chi connectivity index (χ1v) is 9.70. The highest BCUT2D eigenvalue weighted by Crippen LogP contribution is 2.40. The quantitative estimate of drug-likeness (QED) is 0.553. The lowest BCUT2D eigenvalue weighted by Crippen LogP contribution is -2.49. The van der Waals surface area contributed by atoms with Crippen molar-refractivity contribution in [1.82, 2.24) is 15.5 Å². The van der Waals surface area contributed by atoms with Crippen LogP contribution in [0.2, 0.25) is 0 Å². The summed E-state index contributed by atoms with van der Waals surface area (Å²) in [6.45, 7) is 11.0. The Bertz CT molecular complexity index is 404. The number of rotatable bonds is 7. The number of aliphatic imine (C=N–C) groups is 1. The highest BCUT2D eigenvalue weighted by Gasteiger charge is 2.35. The molecule has 0 spiro atoms. The fourth-order valence-electron chi connectivity index (χ4n) is 4.21. The zero-order valence-electron chi connectivity index (χ0n) is 16.4. The van der Waals surface area contributed by atoms with Crippen molar-refractivity contribution in [2.75, 3.05) is 40.4 Å². The average molecular weight is 339 g/mol. The summed E-state index contributed by atoms with van der Waals surface area (Å²) in [6.07, 6.45) is 6.46. The molecule has 0 aromatic rings. The summed E-state index contributed by atoms with van der Waals surface area (Å²) in [7, 11) is 3.68. The second-order valence-corrected chi connectivity index (χ2v) is 8.15. The molecule has 2 fully saturated rings. The summed E-state index contributed by atoms with van der Waals surface area (Å²) in [5, 5.41) is 7.28. The van der Waals surface area contributed by atoms with Gasteiger partial charge in [-0.25, -0.2) is 0 Å². The molecule has 2 N–H and O–H groups in total. The lowest BCUT2D eigenvalue weighted by molar-refractivity contribution is 0.138. The highest BCUT2D eigenvalue weighted by atomic mass is 16.5. The van der Waals surface area contributed by atoms with Gasteiger partial charge in [0, 0.05) is 52.5 Å². The third-order valence-electron chi connectivity index (χ3n) is 6.05. The Hall–Kier alpha value is -0.810. The predicted molar refractivity (Wildman–Crippen MR) is 102 cm³/mol. The summed E-state index contributed by atoms with van der Waals surface area (Å²) in [5.74, 6) is 1.61. The van der Waals surface area contributed by atoms with E-state index in [1.807, 2.05) is 7.05 Å². The van der Waals surface area contributed by atoms with Gasteiger partial charge in [0.05, 0.1) is 0 Å². The fourth-order valence-corrected chi connectivity index (χ4v) is 4.21. The molecular weight excluding hydrogens is 300 g/mol. The van der Waals surface area contributed by atoms with E-state index < -0.39 is 0 Å². The van der Waals surface area contributed by atoms with Gasteiger partial charge in [0.25, 0.3) is 0 Å². The molecule has 2 aliphatic rings. The molecule has 0 bridgehead atoms. The maximum absolute atomic E-state index is 5.34. The van der Waals surface area contributed by atoms with Crippen LogP contribution in [0.5, 0.6) is 0 Å². The van der Waals surface area contributed by atoms with Crippen molar-refractivity contribution >= 4 is 5.96 Å². The van der Waals surface area contributed by atoms with Crippen LogP contribution in [0.15, 0.2) is 4.99 Å². The van der Waals surface area contributed by atoms with Gasteiger partial charge in [0.1, 0.15) is 0 Å². The van der Waals surface area contributed by atoms with Crippen molar-refractivity contribution in [2.24, 2.45) is 16.3 Å². The SMILES string of the molecule is CN=C(NCC1(CCOC)CCCC1)NC1CN(C(C)C)CC1C. The van der Waals surface area contributed by atoms with E-state index in [4.69, 9.17) is 4.74 Å². The maximum atomic E-state index is 5.34. The molecule has 1 saturated carbocycles. The van der Waals surface area contributed by atoms with Gasteiger partial charge in [0.15, 0.2) is 5.96 Å². The number of guanidine groups is 1. The number of methoxy groups -OCH3 is 1. The van der Waals surface area contributed by atoms with Crippen molar-refractivity contribution in [1.29, 1.82) is 0 Å². The van der Waals surface area contributed by atoms with Crippen LogP contribution in [0, 0.1) is 11.3 Å². The third kappa shape index (κ3) is 5.09. The van der Waals surface area contributed by atoms with E-state index in [1.165, 1.54) is 32.2 Å². The van der Waals surface area contributed by atoms with Crippen LogP contribution in [-0.4, -0.2) is 63.3 Å². The molecular formula is C19H38N4O. The van der Waals surface area contributed by atoms with E-state index in [0.29, 0.717) is 23.4 Å².